The second kappa shape index (κ2) is 8.51. The van der Waals surface area contributed by atoms with Crippen LogP contribution in [-0.4, -0.2) is 28.9 Å². The van der Waals surface area contributed by atoms with E-state index in [1.54, 1.807) is 24.3 Å². The number of phenols is 1. The second-order valence-corrected chi connectivity index (χ2v) is 4.81. The van der Waals surface area contributed by atoms with E-state index in [9.17, 15) is 9.90 Å². The predicted molar refractivity (Wildman–Crippen MR) is 90.0 cm³/mol. The first kappa shape index (κ1) is 16.5. The fourth-order valence-electron chi connectivity index (χ4n) is 1.95. The summed E-state index contributed by atoms with van der Waals surface area (Å²) in [6, 6.07) is 16.1. The van der Waals surface area contributed by atoms with Gasteiger partial charge < -0.3 is 10.2 Å². The van der Waals surface area contributed by atoms with Gasteiger partial charge >= 0.3 is 0 Å². The lowest BCUT2D eigenvalue weighted by Gasteiger charge is -2.05. The number of nitrogens with one attached hydrogen (secondary N) is 1. The van der Waals surface area contributed by atoms with Crippen molar-refractivity contribution in [2.75, 3.05) is 6.61 Å². The van der Waals surface area contributed by atoms with Crippen LogP contribution in [0.1, 0.15) is 17.5 Å². The molecule has 0 heterocycles. The molecular formula is C18H18N2O3. The van der Waals surface area contributed by atoms with Crippen molar-refractivity contribution in [3.63, 3.8) is 0 Å². The third-order valence-electron chi connectivity index (χ3n) is 3.12. The van der Waals surface area contributed by atoms with Crippen LogP contribution in [0.2, 0.25) is 0 Å². The van der Waals surface area contributed by atoms with Crippen molar-refractivity contribution in [2.45, 2.75) is 6.42 Å². The van der Waals surface area contributed by atoms with Crippen molar-refractivity contribution < 1.29 is 15.0 Å². The summed E-state index contributed by atoms with van der Waals surface area (Å²) in [5, 5.41) is 22.6. The molecule has 0 aromatic heterocycles. The van der Waals surface area contributed by atoms with E-state index in [0.29, 0.717) is 11.1 Å². The lowest BCUT2D eigenvalue weighted by Crippen LogP contribution is -2.20. The van der Waals surface area contributed by atoms with E-state index in [4.69, 9.17) is 5.11 Å². The molecule has 0 aliphatic rings. The highest BCUT2D eigenvalue weighted by atomic mass is 16.3. The third-order valence-corrected chi connectivity index (χ3v) is 3.12. The number of rotatable bonds is 6. The monoisotopic (exact) mass is 310 g/mol. The molecule has 2 rings (SSSR count). The number of hydrogen-bond donors (Lipinski definition) is 3. The van der Waals surface area contributed by atoms with Gasteiger partial charge in [0.1, 0.15) is 5.75 Å². The lowest BCUT2D eigenvalue weighted by atomic mass is 10.1. The number of aromatic hydroxyl groups is 1. The van der Waals surface area contributed by atoms with E-state index in [-0.39, 0.29) is 18.8 Å². The highest BCUT2D eigenvalue weighted by molar-refractivity contribution is 5.98. The van der Waals surface area contributed by atoms with Crippen LogP contribution in [-0.2, 0) is 4.79 Å². The molecule has 2 aromatic carbocycles. The Balaban J connectivity index is 2.07. The number of carbonyl (C=O) groups is 1. The highest BCUT2D eigenvalue weighted by Crippen LogP contribution is 2.13. The average molecular weight is 310 g/mol. The molecule has 0 radical (unpaired) electrons. The molecule has 0 bridgehead atoms. The SMILES string of the molecule is O=C(N/N=C/c1ccccc1O)C(=Cc1ccccc1)CCO. The van der Waals surface area contributed by atoms with Crippen molar-refractivity contribution in [1.82, 2.24) is 5.43 Å². The van der Waals surface area contributed by atoms with E-state index in [1.807, 2.05) is 30.3 Å². The van der Waals surface area contributed by atoms with Gasteiger partial charge in [-0.2, -0.15) is 5.10 Å². The Morgan fingerprint density at radius 3 is 2.48 bits per heavy atom. The summed E-state index contributed by atoms with van der Waals surface area (Å²) in [4.78, 5) is 12.1. The number of phenolic OH excluding ortho intramolecular Hbond substituents is 1. The molecule has 0 unspecified atom stereocenters. The first-order valence-corrected chi connectivity index (χ1v) is 7.18. The first-order chi connectivity index (χ1) is 11.2. The van der Waals surface area contributed by atoms with Gasteiger partial charge in [0.25, 0.3) is 5.91 Å². The molecule has 0 saturated carbocycles. The minimum absolute atomic E-state index is 0.0842. The first-order valence-electron chi connectivity index (χ1n) is 7.18. The molecule has 5 nitrogen and oxygen atoms in total. The van der Waals surface area contributed by atoms with Crippen LogP contribution < -0.4 is 5.43 Å². The highest BCUT2D eigenvalue weighted by Gasteiger charge is 2.08. The van der Waals surface area contributed by atoms with Crippen molar-refractivity contribution in [2.24, 2.45) is 5.10 Å². The van der Waals surface area contributed by atoms with E-state index >= 15 is 0 Å². The molecule has 5 heteroatoms. The zero-order chi connectivity index (χ0) is 16.5. The zero-order valence-corrected chi connectivity index (χ0v) is 12.5. The second-order valence-electron chi connectivity index (χ2n) is 4.81. The maximum Gasteiger partial charge on any atom is 0.267 e. The minimum atomic E-state index is -0.394. The number of benzene rings is 2. The van der Waals surface area contributed by atoms with E-state index < -0.39 is 5.91 Å². The Labute approximate surface area is 134 Å². The number of hydrazone groups is 1. The smallest absolute Gasteiger partial charge is 0.267 e. The Morgan fingerprint density at radius 2 is 1.78 bits per heavy atom. The molecule has 0 fully saturated rings. The molecule has 118 valence electrons. The molecule has 0 aliphatic carbocycles. The van der Waals surface area contributed by atoms with Gasteiger partial charge in [0, 0.05) is 24.2 Å². The summed E-state index contributed by atoms with van der Waals surface area (Å²) in [6.45, 7) is -0.130. The Bertz CT molecular complexity index is 709. The minimum Gasteiger partial charge on any atom is -0.507 e. The molecule has 2 aromatic rings. The number of aliphatic hydroxyl groups excluding tert-OH is 1. The predicted octanol–water partition coefficient (Wildman–Crippen LogP) is 2.31. The molecule has 23 heavy (non-hydrogen) atoms. The molecule has 0 spiro atoms. The van der Waals surface area contributed by atoms with E-state index in [1.165, 1.54) is 12.3 Å². The normalized spacial score (nSPS) is 11.6. The van der Waals surface area contributed by atoms with Crippen LogP contribution in [0.3, 0.4) is 0 Å². The van der Waals surface area contributed by atoms with Crippen LogP contribution in [0.15, 0.2) is 65.3 Å². The Hall–Kier alpha value is -2.92. The molecule has 0 aliphatic heterocycles. The molecule has 0 saturated heterocycles. The van der Waals surface area contributed by atoms with Gasteiger partial charge in [-0.25, -0.2) is 5.43 Å². The van der Waals surface area contributed by atoms with Gasteiger partial charge in [-0.05, 0) is 23.8 Å². The van der Waals surface area contributed by atoms with Crippen LogP contribution in [0, 0.1) is 0 Å². The molecule has 3 N–H and O–H groups in total. The van der Waals surface area contributed by atoms with Gasteiger partial charge in [0.2, 0.25) is 0 Å². The van der Waals surface area contributed by atoms with E-state index in [2.05, 4.69) is 10.5 Å². The summed E-state index contributed by atoms with van der Waals surface area (Å²) < 4.78 is 0. The summed E-state index contributed by atoms with van der Waals surface area (Å²) in [5.41, 5.74) is 4.20. The fraction of sp³-hybridized carbons (Fsp3) is 0.111. The van der Waals surface area contributed by atoms with Crippen molar-refractivity contribution in [1.29, 1.82) is 0 Å². The van der Waals surface area contributed by atoms with Crippen molar-refractivity contribution in [3.8, 4) is 5.75 Å². The van der Waals surface area contributed by atoms with Crippen molar-refractivity contribution in [3.05, 3.63) is 71.3 Å². The Kier molecular flexibility index (Phi) is 6.08. The van der Waals surface area contributed by atoms with Crippen molar-refractivity contribution >= 4 is 18.2 Å². The number of hydrogen-bond acceptors (Lipinski definition) is 4. The molecule has 0 atom stereocenters. The zero-order valence-electron chi connectivity index (χ0n) is 12.5. The van der Waals surface area contributed by atoms with E-state index in [0.717, 1.165) is 5.56 Å². The summed E-state index contributed by atoms with van der Waals surface area (Å²) in [7, 11) is 0. The Morgan fingerprint density at radius 1 is 1.09 bits per heavy atom. The van der Waals surface area contributed by atoms with Gasteiger partial charge in [-0.1, -0.05) is 42.5 Å². The number of para-hydroxylation sites is 1. The standard InChI is InChI=1S/C18H18N2O3/c21-11-10-15(12-14-6-2-1-3-7-14)18(23)20-19-13-16-8-4-5-9-17(16)22/h1-9,12-13,21-22H,10-11H2,(H,20,23)/b15-12?,19-13+. The summed E-state index contributed by atoms with van der Waals surface area (Å²) in [5.74, 6) is -0.310. The van der Waals surface area contributed by atoms with Crippen LogP contribution in [0.25, 0.3) is 6.08 Å². The quantitative estimate of drug-likeness (QED) is 0.435. The number of carbonyl (C=O) groups excluding carboxylic acids is 1. The van der Waals surface area contributed by atoms with Gasteiger partial charge in [0.05, 0.1) is 6.21 Å². The number of amides is 1. The molecule has 1 amide bonds. The third kappa shape index (κ3) is 5.09. The topological polar surface area (TPSA) is 81.9 Å². The van der Waals surface area contributed by atoms with Crippen LogP contribution >= 0.6 is 0 Å². The fourth-order valence-corrected chi connectivity index (χ4v) is 1.95. The molecular weight excluding hydrogens is 292 g/mol. The maximum absolute atomic E-state index is 12.1. The van der Waals surface area contributed by atoms with Crippen LogP contribution in [0.5, 0.6) is 5.75 Å². The maximum atomic E-state index is 12.1. The van der Waals surface area contributed by atoms with Gasteiger partial charge in [0.15, 0.2) is 0 Å². The summed E-state index contributed by atoms with van der Waals surface area (Å²) in [6.07, 6.45) is 3.31. The average Bonchev–Trinajstić information content (AvgIpc) is 2.57. The van der Waals surface area contributed by atoms with Gasteiger partial charge in [-0.15, -0.1) is 0 Å². The summed E-state index contributed by atoms with van der Waals surface area (Å²) >= 11 is 0. The number of aliphatic hydroxyl groups is 1. The lowest BCUT2D eigenvalue weighted by molar-refractivity contribution is -0.117. The van der Waals surface area contributed by atoms with Gasteiger partial charge in [-0.3, -0.25) is 4.79 Å². The number of nitrogens with zero attached hydrogens (tertiary/aromatic N) is 1. The van der Waals surface area contributed by atoms with Crippen LogP contribution in [0.4, 0.5) is 0 Å². The largest absolute Gasteiger partial charge is 0.507 e.